The Morgan fingerprint density at radius 3 is 0.884 bits per heavy atom. The molecule has 6 heterocycles. The Balaban J connectivity index is 0.000000221. The van der Waals surface area contributed by atoms with Crippen molar-refractivity contribution >= 4 is 50.3 Å². The summed E-state index contributed by atoms with van der Waals surface area (Å²) in [6.07, 6.45) is 8.96. The zero-order chi connectivity index (χ0) is 85.3. The quantitative estimate of drug-likeness (QED) is 0.0597. The Bertz CT molecular complexity index is 6010. The Labute approximate surface area is 753 Å². The van der Waals surface area contributed by atoms with Crippen molar-refractivity contribution in [1.82, 2.24) is 15.0 Å². The SMILES string of the molecule is CC(=O)C=C(C)O.CC(=O)C=C(C)O.CC(=O)C=C(C)O.CC(C)(C)c1cc(-c2cc3cc(-c4[c-]ccc(-c5ccccc5)c4)ncc3o2)cc(C(C)(C)C)c1.Cc1cc(C(C)(C)C)cc(C)c1-c1cc2cc(-c3[c-]ccc(-c4ccccc4)c3)ncc2o1.Cc1cc(C)cc(-c2cc3cc(-c4[c-]ccc(-c5ccccc5)c4)ncc3o2)c1.[Ir].[Ir].[Ir]. The first-order valence-electron chi connectivity index (χ1n) is 39.3. The molecule has 15 aromatic rings. The van der Waals surface area contributed by atoms with Crippen LogP contribution in [-0.2, 0) is 90.9 Å². The maximum Gasteiger partial charge on any atom is 0.155 e. The van der Waals surface area contributed by atoms with E-state index in [2.05, 4.69) is 312 Å². The van der Waals surface area contributed by atoms with Gasteiger partial charge in [-0.05, 0) is 190 Å². The van der Waals surface area contributed by atoms with Crippen molar-refractivity contribution in [1.29, 1.82) is 0 Å². The molecule has 0 aliphatic rings. The second kappa shape index (κ2) is 43.2. The number of aryl methyl sites for hydroxylation is 4. The molecular weight excluding hydrogens is 2040 g/mol. The Hall–Kier alpha value is -11.4. The van der Waals surface area contributed by atoms with Crippen LogP contribution in [0, 0.1) is 45.9 Å². The van der Waals surface area contributed by atoms with Crippen LogP contribution in [0.5, 0.6) is 0 Å². The van der Waals surface area contributed by atoms with E-state index in [-0.39, 0.29) is 111 Å². The van der Waals surface area contributed by atoms with E-state index >= 15 is 0 Å². The van der Waals surface area contributed by atoms with Gasteiger partial charge < -0.3 is 43.5 Å². The van der Waals surface area contributed by atoms with Gasteiger partial charge in [-0.25, -0.2) is 0 Å². The third kappa shape index (κ3) is 27.6. The van der Waals surface area contributed by atoms with Gasteiger partial charge in [0.15, 0.2) is 34.1 Å². The largest absolute Gasteiger partial charge is 0.512 e. The molecule has 0 aliphatic carbocycles. The van der Waals surface area contributed by atoms with Gasteiger partial charge in [0.05, 0.1) is 35.9 Å². The summed E-state index contributed by atoms with van der Waals surface area (Å²) >= 11 is 0. The number of ketones is 3. The van der Waals surface area contributed by atoms with E-state index in [1.165, 1.54) is 121 Å². The summed E-state index contributed by atoms with van der Waals surface area (Å²) in [6.45, 7) is 37.4. The molecule has 0 atom stereocenters. The second-order valence-corrected chi connectivity index (χ2v) is 32.8. The summed E-state index contributed by atoms with van der Waals surface area (Å²) in [5.41, 5.74) is 27.5. The van der Waals surface area contributed by atoms with Crippen molar-refractivity contribution in [2.75, 3.05) is 0 Å². The molecule has 627 valence electrons. The maximum atomic E-state index is 10.0. The summed E-state index contributed by atoms with van der Waals surface area (Å²) in [5.74, 6) is 2.44. The van der Waals surface area contributed by atoms with Gasteiger partial charge in [0, 0.05) is 111 Å². The van der Waals surface area contributed by atoms with Crippen LogP contribution in [0.15, 0.2) is 298 Å². The first kappa shape index (κ1) is 96.8. The third-order valence-corrected chi connectivity index (χ3v) is 19.1. The predicted molar refractivity (Wildman–Crippen MR) is 484 cm³/mol. The molecule has 15 rings (SSSR count). The molecule has 3 radical (unpaired) electrons. The average molecular weight is 2140 g/mol. The molecule has 121 heavy (non-hydrogen) atoms. The number of aliphatic hydroxyl groups excluding tert-OH is 3. The van der Waals surface area contributed by atoms with Crippen molar-refractivity contribution in [3.8, 4) is 101 Å². The van der Waals surface area contributed by atoms with E-state index in [4.69, 9.17) is 33.6 Å². The number of fused-ring (bicyclic) bond motifs is 3. The Morgan fingerprint density at radius 2 is 0.603 bits per heavy atom. The Kier molecular flexibility index (Phi) is 34.6. The molecule has 0 saturated heterocycles. The van der Waals surface area contributed by atoms with Crippen LogP contribution in [-0.4, -0.2) is 47.6 Å². The van der Waals surface area contributed by atoms with Crippen LogP contribution in [0.2, 0.25) is 0 Å². The normalized spacial score (nSPS) is 11.4. The van der Waals surface area contributed by atoms with Gasteiger partial charge in [-0.15, -0.1) is 106 Å². The first-order chi connectivity index (χ1) is 55.9. The second-order valence-electron chi connectivity index (χ2n) is 32.8. The third-order valence-electron chi connectivity index (χ3n) is 19.1. The van der Waals surface area contributed by atoms with Gasteiger partial charge in [-0.1, -0.05) is 207 Å². The van der Waals surface area contributed by atoms with Crippen molar-refractivity contribution in [2.45, 2.75) is 148 Å². The van der Waals surface area contributed by atoms with Gasteiger partial charge in [-0.3, -0.25) is 14.4 Å². The van der Waals surface area contributed by atoms with Crippen molar-refractivity contribution in [2.24, 2.45) is 0 Å². The van der Waals surface area contributed by atoms with E-state index in [1.54, 1.807) is 6.20 Å². The predicted octanol–water partition coefficient (Wildman–Crippen LogP) is 28.1. The maximum absolute atomic E-state index is 10.0. The molecule has 0 bridgehead atoms. The number of carbonyl (C=O) groups is 3. The molecule has 0 unspecified atom stereocenters. The number of nitrogens with zero attached hydrogens (tertiary/aromatic N) is 3. The molecule has 15 heteroatoms. The molecule has 0 spiro atoms. The van der Waals surface area contributed by atoms with Crippen LogP contribution in [0.25, 0.3) is 134 Å². The zero-order valence-corrected chi connectivity index (χ0v) is 79.2. The van der Waals surface area contributed by atoms with E-state index in [1.807, 2.05) is 48.8 Å². The van der Waals surface area contributed by atoms with Crippen LogP contribution in [0.4, 0.5) is 0 Å². The summed E-state index contributed by atoms with van der Waals surface area (Å²) in [6, 6.07) is 90.2. The van der Waals surface area contributed by atoms with Gasteiger partial charge >= 0.3 is 0 Å². The summed E-state index contributed by atoms with van der Waals surface area (Å²) < 4.78 is 18.6. The van der Waals surface area contributed by atoms with Crippen LogP contribution in [0.3, 0.4) is 0 Å². The number of benzene rings is 9. The van der Waals surface area contributed by atoms with E-state index in [9.17, 15) is 14.4 Å². The fourth-order valence-corrected chi connectivity index (χ4v) is 13.4. The molecule has 6 aromatic heterocycles. The minimum absolute atomic E-state index is 0. The average Bonchev–Trinajstić information content (AvgIpc) is 1.40. The summed E-state index contributed by atoms with van der Waals surface area (Å²) in [5, 5.41) is 28.2. The van der Waals surface area contributed by atoms with Crippen LogP contribution >= 0.6 is 0 Å². The van der Waals surface area contributed by atoms with Gasteiger partial charge in [0.25, 0.3) is 0 Å². The number of allylic oxidation sites excluding steroid dienone is 6. The fourth-order valence-electron chi connectivity index (χ4n) is 13.4. The smallest absolute Gasteiger partial charge is 0.155 e. The molecule has 0 fully saturated rings. The first-order valence-corrected chi connectivity index (χ1v) is 39.3. The molecule has 0 aliphatic heterocycles. The molecule has 0 amide bonds. The molecule has 12 nitrogen and oxygen atoms in total. The number of aliphatic hydroxyl groups is 3. The monoisotopic (exact) mass is 2140 g/mol. The van der Waals surface area contributed by atoms with Crippen molar-refractivity contribution in [3.05, 3.63) is 342 Å². The minimum Gasteiger partial charge on any atom is -0.512 e. The standard InChI is InChI=1S/C33H32NO.C31H28NO.C27H20NO.3C5H8O2.3Ir/c1-32(2,3)27-16-25(17-28(20-27)33(4,5)6)30-19-26-18-29(34-21-31(26)35-30)24-14-10-13-23(15-24)22-11-8-7-9-12-22;1-20-14-26(31(3,4)5)15-21(2)30(20)28-18-25-17-27(32-19-29(25)33-28)24-13-9-12-23(16-24)22-10-7-6-8-11-22;1-18-11-19(2)13-23(12-18)26-16-24-15-25(28-17-27(24)29-26)22-10-6-9-21(14-22)20-7-4-3-5-8-20;3*1-4(6)3-5(2)7;;;/h7-13,15-21H,1-6H3;6-12,14-19H,1-5H3;3-9,11-17H,1-2H3;3*3,6H,1-2H3;;;/q3*-1;;;;;;. The minimum atomic E-state index is -0.125. The number of pyridine rings is 3. The number of hydrogen-bond donors (Lipinski definition) is 3. The topological polar surface area (TPSA) is 190 Å². The number of hydrogen-bond acceptors (Lipinski definition) is 12. The zero-order valence-electron chi connectivity index (χ0n) is 72.0. The van der Waals surface area contributed by atoms with Gasteiger partial charge in [0.2, 0.25) is 0 Å². The molecule has 0 saturated carbocycles. The van der Waals surface area contributed by atoms with Gasteiger partial charge in [0.1, 0.15) is 17.3 Å². The number of carbonyl (C=O) groups excluding carboxylic acids is 3. The molecule has 9 aromatic carbocycles. The summed E-state index contributed by atoms with van der Waals surface area (Å²) in [4.78, 5) is 44.1. The number of rotatable bonds is 12. The van der Waals surface area contributed by atoms with Gasteiger partial charge in [-0.2, -0.15) is 0 Å². The van der Waals surface area contributed by atoms with E-state index in [0.29, 0.717) is 0 Å². The molecule has 3 N–H and O–H groups in total. The van der Waals surface area contributed by atoms with E-state index in [0.717, 1.165) is 112 Å². The van der Waals surface area contributed by atoms with Crippen molar-refractivity contribution < 1.29 is 103 Å². The van der Waals surface area contributed by atoms with Crippen LogP contribution < -0.4 is 0 Å². The summed E-state index contributed by atoms with van der Waals surface area (Å²) in [7, 11) is 0. The fraction of sp³-hybridized carbons (Fsp3) is 0.208. The molecular formula is C106H104Ir3N3O9-3. The number of aromatic nitrogens is 3. The number of furan rings is 3. The van der Waals surface area contributed by atoms with E-state index < -0.39 is 0 Å². The van der Waals surface area contributed by atoms with Crippen LogP contribution in [0.1, 0.15) is 143 Å². The Morgan fingerprint density at radius 1 is 0.322 bits per heavy atom. The van der Waals surface area contributed by atoms with Crippen molar-refractivity contribution in [3.63, 3.8) is 0 Å².